The minimum absolute atomic E-state index is 0.0559. The van der Waals surface area contributed by atoms with Crippen LogP contribution in [0.5, 0.6) is 11.5 Å². The van der Waals surface area contributed by atoms with E-state index >= 15 is 0 Å². The number of alkyl halides is 1. The number of nitrogens with two attached hydrogens (primary N) is 1. The van der Waals surface area contributed by atoms with Crippen LogP contribution in [0, 0.1) is 0 Å². The van der Waals surface area contributed by atoms with E-state index in [1.165, 1.54) is 6.07 Å². The lowest BCUT2D eigenvalue weighted by molar-refractivity contribution is -0.138. The van der Waals surface area contributed by atoms with E-state index in [2.05, 4.69) is 0 Å². The van der Waals surface area contributed by atoms with Crippen molar-refractivity contribution >= 4 is 5.97 Å². The molecule has 5 nitrogen and oxygen atoms in total. The maximum atomic E-state index is 12.6. The fraction of sp³-hybridized carbons (Fsp3) is 0.364. The number of carboxylic acids is 1. The van der Waals surface area contributed by atoms with Crippen molar-refractivity contribution in [3.05, 3.63) is 23.3 Å². The number of carboxylic acid groups (broad SMARTS) is 1. The molecule has 6 heteroatoms. The number of hydrogen-bond acceptors (Lipinski definition) is 4. The summed E-state index contributed by atoms with van der Waals surface area (Å²) in [5.41, 5.74) is 6.42. The molecule has 1 unspecified atom stereocenters. The molecule has 17 heavy (non-hydrogen) atoms. The molecule has 0 aromatic heterocycles. The molecule has 1 aromatic carbocycles. The van der Waals surface area contributed by atoms with Gasteiger partial charge in [-0.15, -0.1) is 0 Å². The number of ether oxygens (including phenoxy) is 2. The van der Waals surface area contributed by atoms with Gasteiger partial charge in [-0.1, -0.05) is 0 Å². The Balaban J connectivity index is 2.32. The zero-order valence-corrected chi connectivity index (χ0v) is 8.98. The number of carbonyl (C=O) groups is 1. The standard InChI is InChI=1S/C11H12FNO4/c12-4-6-1-7(3-8(13)11(14)15)10-9(2-6)16-5-17-10/h1-2,8H,3-5,13H2,(H,14,15). The highest BCUT2D eigenvalue weighted by molar-refractivity contribution is 5.74. The Morgan fingerprint density at radius 1 is 1.53 bits per heavy atom. The Labute approximate surface area is 96.9 Å². The maximum Gasteiger partial charge on any atom is 0.320 e. The monoisotopic (exact) mass is 241 g/mol. The van der Waals surface area contributed by atoms with Crippen LogP contribution in [0.1, 0.15) is 11.1 Å². The molecule has 3 N–H and O–H groups in total. The number of aliphatic carboxylic acids is 1. The number of halogens is 1. The summed E-state index contributed by atoms with van der Waals surface area (Å²) in [7, 11) is 0. The Bertz CT molecular complexity index is 449. The van der Waals surface area contributed by atoms with Crippen molar-refractivity contribution in [1.82, 2.24) is 0 Å². The van der Waals surface area contributed by atoms with Gasteiger partial charge < -0.3 is 20.3 Å². The summed E-state index contributed by atoms with van der Waals surface area (Å²) in [6, 6.07) is 2.05. The molecule has 0 aliphatic carbocycles. The van der Waals surface area contributed by atoms with E-state index in [1.54, 1.807) is 6.07 Å². The molecule has 1 aliphatic heterocycles. The molecule has 92 valence electrons. The first-order valence-electron chi connectivity index (χ1n) is 5.07. The second-order valence-corrected chi connectivity index (χ2v) is 3.77. The zero-order chi connectivity index (χ0) is 12.4. The van der Waals surface area contributed by atoms with Crippen molar-refractivity contribution in [3.63, 3.8) is 0 Å². The smallest absolute Gasteiger partial charge is 0.320 e. The van der Waals surface area contributed by atoms with E-state index in [1.807, 2.05) is 0 Å². The van der Waals surface area contributed by atoms with Crippen molar-refractivity contribution in [1.29, 1.82) is 0 Å². The normalized spacial score (nSPS) is 14.7. The third-order valence-electron chi connectivity index (χ3n) is 2.52. The van der Waals surface area contributed by atoms with Crippen molar-refractivity contribution in [2.24, 2.45) is 5.73 Å². The van der Waals surface area contributed by atoms with E-state index in [9.17, 15) is 9.18 Å². The van der Waals surface area contributed by atoms with Crippen LogP contribution in [0.2, 0.25) is 0 Å². The van der Waals surface area contributed by atoms with Gasteiger partial charge in [0.1, 0.15) is 12.7 Å². The van der Waals surface area contributed by atoms with Gasteiger partial charge in [-0.3, -0.25) is 4.79 Å². The fourth-order valence-electron chi connectivity index (χ4n) is 1.70. The molecular formula is C11H12FNO4. The first-order chi connectivity index (χ1) is 8.11. The van der Waals surface area contributed by atoms with Crippen LogP contribution in [-0.4, -0.2) is 23.9 Å². The minimum atomic E-state index is -1.11. The first kappa shape index (κ1) is 11.7. The highest BCUT2D eigenvalue weighted by Gasteiger charge is 2.22. The third-order valence-corrected chi connectivity index (χ3v) is 2.52. The summed E-state index contributed by atoms with van der Waals surface area (Å²) in [5.74, 6) is -0.213. The van der Waals surface area contributed by atoms with Crippen LogP contribution < -0.4 is 15.2 Å². The van der Waals surface area contributed by atoms with Gasteiger partial charge in [0.25, 0.3) is 0 Å². The fourth-order valence-corrected chi connectivity index (χ4v) is 1.70. The number of hydrogen-bond donors (Lipinski definition) is 2. The molecule has 0 bridgehead atoms. The molecule has 0 radical (unpaired) electrons. The average Bonchev–Trinajstić information content (AvgIpc) is 2.76. The average molecular weight is 241 g/mol. The molecule has 2 rings (SSSR count). The van der Waals surface area contributed by atoms with Crippen molar-refractivity contribution in [3.8, 4) is 11.5 Å². The zero-order valence-electron chi connectivity index (χ0n) is 8.98. The van der Waals surface area contributed by atoms with Crippen LogP contribution in [-0.2, 0) is 17.9 Å². The Morgan fingerprint density at radius 3 is 2.94 bits per heavy atom. The van der Waals surface area contributed by atoms with Crippen LogP contribution in [0.3, 0.4) is 0 Å². The molecule has 0 amide bonds. The van der Waals surface area contributed by atoms with Gasteiger partial charge in [0.15, 0.2) is 11.5 Å². The molecule has 1 aliphatic rings. The summed E-state index contributed by atoms with van der Waals surface area (Å²) in [5, 5.41) is 8.75. The summed E-state index contributed by atoms with van der Waals surface area (Å²) < 4.78 is 23.0. The predicted octanol–water partition coefficient (Wildman–Crippen LogP) is 0.839. The molecule has 1 aromatic rings. The Morgan fingerprint density at radius 2 is 2.29 bits per heavy atom. The lowest BCUT2D eigenvalue weighted by Gasteiger charge is -2.10. The Kier molecular flexibility index (Phi) is 3.14. The second-order valence-electron chi connectivity index (χ2n) is 3.77. The van der Waals surface area contributed by atoms with Gasteiger partial charge in [0, 0.05) is 12.0 Å². The van der Waals surface area contributed by atoms with Crippen molar-refractivity contribution < 1.29 is 23.8 Å². The second kappa shape index (κ2) is 4.58. The third kappa shape index (κ3) is 2.31. The largest absolute Gasteiger partial charge is 0.480 e. The topological polar surface area (TPSA) is 81.8 Å². The number of benzene rings is 1. The van der Waals surface area contributed by atoms with Crippen molar-refractivity contribution in [2.75, 3.05) is 6.79 Å². The highest BCUT2D eigenvalue weighted by Crippen LogP contribution is 2.37. The van der Waals surface area contributed by atoms with E-state index in [0.717, 1.165) is 0 Å². The molecular weight excluding hydrogens is 229 g/mol. The number of fused-ring (bicyclic) bond motifs is 1. The van der Waals surface area contributed by atoms with Crippen molar-refractivity contribution in [2.45, 2.75) is 19.1 Å². The molecule has 0 saturated heterocycles. The molecule has 0 spiro atoms. The molecule has 1 atom stereocenters. The number of rotatable bonds is 4. The Hall–Kier alpha value is -1.82. The summed E-state index contributed by atoms with van der Waals surface area (Å²) >= 11 is 0. The van der Waals surface area contributed by atoms with Gasteiger partial charge in [-0.05, 0) is 17.7 Å². The van der Waals surface area contributed by atoms with Crippen LogP contribution in [0.25, 0.3) is 0 Å². The van der Waals surface area contributed by atoms with Crippen LogP contribution >= 0.6 is 0 Å². The van der Waals surface area contributed by atoms with Gasteiger partial charge >= 0.3 is 5.97 Å². The molecule has 0 saturated carbocycles. The SMILES string of the molecule is NC(Cc1cc(CF)cc2c1OCO2)C(=O)O. The van der Waals surface area contributed by atoms with Gasteiger partial charge in [-0.25, -0.2) is 4.39 Å². The van der Waals surface area contributed by atoms with Crippen LogP contribution in [0.4, 0.5) is 4.39 Å². The molecule has 0 fully saturated rings. The first-order valence-corrected chi connectivity index (χ1v) is 5.07. The summed E-state index contributed by atoms with van der Waals surface area (Å²) in [6.45, 7) is -0.591. The van der Waals surface area contributed by atoms with E-state index in [4.69, 9.17) is 20.3 Å². The highest BCUT2D eigenvalue weighted by atomic mass is 19.1. The molecule has 1 heterocycles. The van der Waals surface area contributed by atoms with E-state index in [0.29, 0.717) is 22.6 Å². The summed E-state index contributed by atoms with van der Waals surface area (Å²) in [4.78, 5) is 10.7. The van der Waals surface area contributed by atoms with Crippen LogP contribution in [0.15, 0.2) is 12.1 Å². The van der Waals surface area contributed by atoms with Gasteiger partial charge in [-0.2, -0.15) is 0 Å². The quantitative estimate of drug-likeness (QED) is 0.816. The minimum Gasteiger partial charge on any atom is -0.480 e. The van der Waals surface area contributed by atoms with E-state index < -0.39 is 18.7 Å². The maximum absolute atomic E-state index is 12.6. The summed E-state index contributed by atoms with van der Waals surface area (Å²) in [6.07, 6.45) is 0.0782. The van der Waals surface area contributed by atoms with Gasteiger partial charge in [0.2, 0.25) is 6.79 Å². The van der Waals surface area contributed by atoms with Gasteiger partial charge in [0.05, 0.1) is 0 Å². The lowest BCUT2D eigenvalue weighted by atomic mass is 10.0. The predicted molar refractivity (Wildman–Crippen MR) is 56.7 cm³/mol. The van der Waals surface area contributed by atoms with E-state index in [-0.39, 0.29) is 13.2 Å². The lowest BCUT2D eigenvalue weighted by Crippen LogP contribution is -2.32.